The van der Waals surface area contributed by atoms with Gasteiger partial charge < -0.3 is 10.6 Å². The predicted molar refractivity (Wildman–Crippen MR) is 85.5 cm³/mol. The maximum Gasteiger partial charge on any atom is 0.226 e. The maximum absolute atomic E-state index is 12.0. The number of nitrogens with one attached hydrogen (secondary N) is 2. The first-order valence-corrected chi connectivity index (χ1v) is 9.46. The van der Waals surface area contributed by atoms with Crippen LogP contribution in [0.4, 0.5) is 5.69 Å². The van der Waals surface area contributed by atoms with Gasteiger partial charge in [-0.15, -0.1) is 0 Å². The van der Waals surface area contributed by atoms with Gasteiger partial charge in [0.2, 0.25) is 5.91 Å². The molecular weight excluding hydrogens is 412 g/mol. The Balaban J connectivity index is 1.99. The number of carbonyl (C=O) groups excluding carboxylic acids is 1. The van der Waals surface area contributed by atoms with Crippen molar-refractivity contribution in [3.8, 4) is 0 Å². The molecule has 1 amide bonds. The van der Waals surface area contributed by atoms with Gasteiger partial charge in [-0.1, -0.05) is 6.07 Å². The fourth-order valence-corrected chi connectivity index (χ4v) is 4.67. The molecule has 2 rings (SSSR count). The minimum atomic E-state index is -3.03. The van der Waals surface area contributed by atoms with Gasteiger partial charge in [0.05, 0.1) is 17.2 Å². The molecule has 0 bridgehead atoms. The number of sulfone groups is 1. The van der Waals surface area contributed by atoms with Crippen LogP contribution in [0.3, 0.4) is 0 Å². The smallest absolute Gasteiger partial charge is 0.226 e. The Labute approximate surface area is 134 Å². The number of hydrogen-bond acceptors (Lipinski definition) is 4. The van der Waals surface area contributed by atoms with Crippen molar-refractivity contribution in [3.05, 3.63) is 27.1 Å². The number of rotatable bonds is 3. The molecule has 0 aromatic heterocycles. The highest BCUT2D eigenvalue weighted by atomic mass is 79.9. The number of benzene rings is 1. The van der Waals surface area contributed by atoms with E-state index in [1.165, 1.54) is 0 Å². The molecule has 1 atom stereocenters. The molecule has 5 nitrogen and oxygen atoms in total. The third-order valence-electron chi connectivity index (χ3n) is 2.96. The molecule has 0 spiro atoms. The Morgan fingerprint density at radius 2 is 2.00 bits per heavy atom. The second-order valence-corrected chi connectivity index (χ2v) is 8.55. The molecule has 1 aliphatic heterocycles. The monoisotopic (exact) mass is 424 g/mol. The van der Waals surface area contributed by atoms with E-state index >= 15 is 0 Å². The van der Waals surface area contributed by atoms with Gasteiger partial charge in [-0.25, -0.2) is 8.42 Å². The standard InChI is InChI=1S/C12H14Br2N2O3S/c13-9-2-1-3-10(14)12(9)16-11(17)6-8-7-20(18,19)5-4-15-8/h1-3,8,15H,4-7H2,(H,16,17). The fourth-order valence-electron chi connectivity index (χ4n) is 2.03. The maximum atomic E-state index is 12.0. The lowest BCUT2D eigenvalue weighted by Crippen LogP contribution is -2.46. The van der Waals surface area contributed by atoms with E-state index in [-0.39, 0.29) is 29.9 Å². The quantitative estimate of drug-likeness (QED) is 0.775. The van der Waals surface area contributed by atoms with Gasteiger partial charge in [-0.05, 0) is 44.0 Å². The molecule has 0 radical (unpaired) electrons. The molecule has 2 N–H and O–H groups in total. The third-order valence-corrected chi connectivity index (χ3v) is 6.02. The summed E-state index contributed by atoms with van der Waals surface area (Å²) in [6.07, 6.45) is 0.132. The van der Waals surface area contributed by atoms with Crippen molar-refractivity contribution in [1.29, 1.82) is 0 Å². The lowest BCUT2D eigenvalue weighted by atomic mass is 10.2. The van der Waals surface area contributed by atoms with Crippen LogP contribution in [0.1, 0.15) is 6.42 Å². The predicted octanol–water partition coefficient (Wildman–Crippen LogP) is 1.93. The van der Waals surface area contributed by atoms with Crippen LogP contribution in [0.25, 0.3) is 0 Å². The molecule has 1 aliphatic rings. The molecule has 0 aliphatic carbocycles. The van der Waals surface area contributed by atoms with Gasteiger partial charge in [-0.3, -0.25) is 4.79 Å². The summed E-state index contributed by atoms with van der Waals surface area (Å²) in [4.78, 5) is 12.0. The molecule has 1 fully saturated rings. The molecule has 20 heavy (non-hydrogen) atoms. The van der Waals surface area contributed by atoms with E-state index in [2.05, 4.69) is 42.5 Å². The number of para-hydroxylation sites is 1. The Bertz CT molecular complexity index is 599. The summed E-state index contributed by atoms with van der Waals surface area (Å²) in [6, 6.07) is 5.17. The summed E-state index contributed by atoms with van der Waals surface area (Å²) < 4.78 is 24.6. The summed E-state index contributed by atoms with van der Waals surface area (Å²) in [7, 11) is -3.03. The van der Waals surface area contributed by atoms with Crippen LogP contribution in [0, 0.1) is 0 Å². The van der Waals surface area contributed by atoms with Crippen molar-refractivity contribution in [1.82, 2.24) is 5.32 Å². The zero-order valence-electron chi connectivity index (χ0n) is 10.5. The lowest BCUT2D eigenvalue weighted by molar-refractivity contribution is -0.116. The molecular formula is C12H14Br2N2O3S. The second kappa shape index (κ2) is 6.55. The summed E-state index contributed by atoms with van der Waals surface area (Å²) in [5.74, 6) is -0.0643. The van der Waals surface area contributed by atoms with Crippen LogP contribution >= 0.6 is 31.9 Å². The van der Waals surface area contributed by atoms with Crippen LogP contribution in [-0.4, -0.2) is 38.4 Å². The van der Waals surface area contributed by atoms with Crippen molar-refractivity contribution < 1.29 is 13.2 Å². The highest BCUT2D eigenvalue weighted by molar-refractivity contribution is 9.11. The summed E-state index contributed by atoms with van der Waals surface area (Å²) in [5, 5.41) is 5.84. The summed E-state index contributed by atoms with van der Waals surface area (Å²) >= 11 is 6.73. The Morgan fingerprint density at radius 3 is 2.60 bits per heavy atom. The molecule has 110 valence electrons. The Hall–Kier alpha value is -0.440. The first-order valence-electron chi connectivity index (χ1n) is 6.05. The van der Waals surface area contributed by atoms with Gasteiger partial charge in [0.25, 0.3) is 0 Å². The Morgan fingerprint density at radius 1 is 1.35 bits per heavy atom. The summed E-state index contributed by atoms with van der Waals surface area (Å²) in [5.41, 5.74) is 0.649. The molecule has 1 aromatic carbocycles. The zero-order valence-corrected chi connectivity index (χ0v) is 14.5. The molecule has 1 unspecified atom stereocenters. The lowest BCUT2D eigenvalue weighted by Gasteiger charge is -2.23. The van der Waals surface area contributed by atoms with E-state index in [0.717, 1.165) is 8.95 Å². The topological polar surface area (TPSA) is 75.3 Å². The van der Waals surface area contributed by atoms with Crippen LogP contribution in [0.2, 0.25) is 0 Å². The van der Waals surface area contributed by atoms with E-state index in [0.29, 0.717) is 12.2 Å². The molecule has 1 aromatic rings. The van der Waals surface area contributed by atoms with Crippen molar-refractivity contribution >= 4 is 53.3 Å². The van der Waals surface area contributed by atoms with Crippen molar-refractivity contribution in [2.45, 2.75) is 12.5 Å². The number of hydrogen-bond donors (Lipinski definition) is 2. The molecule has 8 heteroatoms. The third kappa shape index (κ3) is 4.28. The van der Waals surface area contributed by atoms with Gasteiger partial charge in [0.15, 0.2) is 9.84 Å². The first kappa shape index (κ1) is 15.9. The second-order valence-electron chi connectivity index (χ2n) is 4.61. The molecule has 1 saturated heterocycles. The van der Waals surface area contributed by atoms with Crippen LogP contribution in [-0.2, 0) is 14.6 Å². The first-order chi connectivity index (χ1) is 9.37. The minimum absolute atomic E-state index is 0.0115. The van der Waals surface area contributed by atoms with Gasteiger partial charge in [-0.2, -0.15) is 0 Å². The van der Waals surface area contributed by atoms with E-state index in [1.807, 2.05) is 18.2 Å². The van der Waals surface area contributed by atoms with E-state index in [4.69, 9.17) is 0 Å². The van der Waals surface area contributed by atoms with Gasteiger partial charge >= 0.3 is 0 Å². The van der Waals surface area contributed by atoms with Crippen LogP contribution < -0.4 is 10.6 Å². The Kier molecular flexibility index (Phi) is 5.22. The SMILES string of the molecule is O=C(CC1CS(=O)(=O)CCN1)Nc1c(Br)cccc1Br. The van der Waals surface area contributed by atoms with Crippen LogP contribution in [0.15, 0.2) is 27.1 Å². The zero-order chi connectivity index (χ0) is 14.8. The van der Waals surface area contributed by atoms with Crippen molar-refractivity contribution in [2.24, 2.45) is 0 Å². The summed E-state index contributed by atoms with van der Waals surface area (Å²) in [6.45, 7) is 0.402. The largest absolute Gasteiger partial charge is 0.324 e. The van der Waals surface area contributed by atoms with Gasteiger partial charge in [0, 0.05) is 28.0 Å². The molecule has 0 saturated carbocycles. The van der Waals surface area contributed by atoms with E-state index in [9.17, 15) is 13.2 Å². The highest BCUT2D eigenvalue weighted by Crippen LogP contribution is 2.30. The van der Waals surface area contributed by atoms with E-state index in [1.54, 1.807) is 0 Å². The normalized spacial score (nSPS) is 21.4. The number of anilines is 1. The van der Waals surface area contributed by atoms with Crippen molar-refractivity contribution in [3.63, 3.8) is 0 Å². The average molecular weight is 426 g/mol. The average Bonchev–Trinajstić information content (AvgIpc) is 2.33. The highest BCUT2D eigenvalue weighted by Gasteiger charge is 2.26. The van der Waals surface area contributed by atoms with Gasteiger partial charge in [0.1, 0.15) is 0 Å². The minimum Gasteiger partial charge on any atom is -0.324 e. The number of amides is 1. The molecule has 1 heterocycles. The van der Waals surface area contributed by atoms with Crippen molar-refractivity contribution in [2.75, 3.05) is 23.4 Å². The van der Waals surface area contributed by atoms with Crippen LogP contribution in [0.5, 0.6) is 0 Å². The number of carbonyl (C=O) groups is 1. The van der Waals surface area contributed by atoms with E-state index < -0.39 is 9.84 Å². The fraction of sp³-hybridized carbons (Fsp3) is 0.417. The number of halogens is 2.